The summed E-state index contributed by atoms with van der Waals surface area (Å²) in [5, 5.41) is 3.32. The number of hydrogen-bond donors (Lipinski definition) is 1. The Bertz CT molecular complexity index is 593. The van der Waals surface area contributed by atoms with Gasteiger partial charge in [0.25, 0.3) is 0 Å². The molecule has 6 heteroatoms. The van der Waals surface area contributed by atoms with Crippen molar-refractivity contribution in [3.8, 4) is 17.4 Å². The summed E-state index contributed by atoms with van der Waals surface area (Å²) in [6.45, 7) is 1.89. The number of rotatable bonds is 8. The van der Waals surface area contributed by atoms with Crippen LogP contribution >= 0.6 is 15.9 Å². The fourth-order valence-electron chi connectivity index (χ4n) is 2.01. The maximum absolute atomic E-state index is 5.53. The smallest absolute Gasteiger partial charge is 0.213 e. The van der Waals surface area contributed by atoms with E-state index in [0.29, 0.717) is 31.3 Å². The number of hydrogen-bond acceptors (Lipinski definition) is 5. The van der Waals surface area contributed by atoms with Gasteiger partial charge in [0.15, 0.2) is 11.5 Å². The molecule has 1 heterocycles. The predicted octanol–water partition coefficient (Wildman–Crippen LogP) is 3.03. The minimum absolute atomic E-state index is 0.543. The minimum Gasteiger partial charge on any atom is -0.493 e. The largest absolute Gasteiger partial charge is 0.493 e. The second kappa shape index (κ2) is 8.60. The van der Waals surface area contributed by atoms with Gasteiger partial charge in [0.05, 0.1) is 14.2 Å². The Morgan fingerprint density at radius 1 is 1.14 bits per heavy atom. The van der Waals surface area contributed by atoms with Gasteiger partial charge in [0.1, 0.15) is 6.61 Å². The molecule has 0 atom stereocenters. The molecule has 0 bridgehead atoms. The maximum Gasteiger partial charge on any atom is 0.213 e. The van der Waals surface area contributed by atoms with E-state index in [1.165, 1.54) is 0 Å². The Morgan fingerprint density at radius 2 is 2.00 bits per heavy atom. The van der Waals surface area contributed by atoms with E-state index in [4.69, 9.17) is 14.2 Å². The highest BCUT2D eigenvalue weighted by molar-refractivity contribution is 9.10. The predicted molar refractivity (Wildman–Crippen MR) is 88.7 cm³/mol. The van der Waals surface area contributed by atoms with Crippen molar-refractivity contribution in [1.29, 1.82) is 0 Å². The summed E-state index contributed by atoms with van der Waals surface area (Å²) in [5.41, 5.74) is 1.01. The van der Waals surface area contributed by atoms with Crippen LogP contribution in [-0.2, 0) is 6.54 Å². The van der Waals surface area contributed by atoms with Gasteiger partial charge >= 0.3 is 0 Å². The van der Waals surface area contributed by atoms with Crippen molar-refractivity contribution in [2.45, 2.75) is 6.54 Å². The molecular formula is C16H19BrN2O3. The molecule has 1 aromatic carbocycles. The van der Waals surface area contributed by atoms with Crippen LogP contribution < -0.4 is 19.5 Å². The van der Waals surface area contributed by atoms with Gasteiger partial charge in [-0.25, -0.2) is 4.98 Å². The molecule has 0 radical (unpaired) electrons. The highest BCUT2D eigenvalue weighted by atomic mass is 79.9. The van der Waals surface area contributed by atoms with E-state index in [-0.39, 0.29) is 0 Å². The zero-order chi connectivity index (χ0) is 15.8. The Labute approximate surface area is 138 Å². The van der Waals surface area contributed by atoms with Crippen LogP contribution in [0, 0.1) is 0 Å². The van der Waals surface area contributed by atoms with Crippen LogP contribution in [0.1, 0.15) is 5.56 Å². The van der Waals surface area contributed by atoms with Crippen molar-refractivity contribution in [1.82, 2.24) is 10.3 Å². The minimum atomic E-state index is 0.543. The lowest BCUT2D eigenvalue weighted by atomic mass is 10.2. The molecule has 0 saturated carbocycles. The van der Waals surface area contributed by atoms with Crippen molar-refractivity contribution in [3.63, 3.8) is 0 Å². The summed E-state index contributed by atoms with van der Waals surface area (Å²) >= 11 is 3.54. The molecular weight excluding hydrogens is 348 g/mol. The van der Waals surface area contributed by atoms with Gasteiger partial charge in [-0.1, -0.05) is 22.0 Å². The zero-order valence-corrected chi connectivity index (χ0v) is 14.2. The van der Waals surface area contributed by atoms with Crippen molar-refractivity contribution < 1.29 is 14.2 Å². The molecule has 118 valence electrons. The average molecular weight is 367 g/mol. The van der Waals surface area contributed by atoms with Crippen LogP contribution in [-0.4, -0.2) is 32.4 Å². The number of aromatic nitrogens is 1. The molecule has 0 aliphatic heterocycles. The molecule has 2 rings (SSSR count). The molecule has 0 aliphatic rings. The fraction of sp³-hybridized carbons (Fsp3) is 0.312. The number of benzene rings is 1. The lowest BCUT2D eigenvalue weighted by Gasteiger charge is -2.15. The molecule has 22 heavy (non-hydrogen) atoms. The van der Waals surface area contributed by atoms with E-state index < -0.39 is 0 Å². The number of ether oxygens (including phenoxy) is 3. The molecule has 0 aliphatic carbocycles. The second-order valence-corrected chi connectivity index (χ2v) is 5.31. The summed E-state index contributed by atoms with van der Waals surface area (Å²) in [6.07, 6.45) is 1.71. The number of pyridine rings is 1. The first kappa shape index (κ1) is 16.6. The van der Waals surface area contributed by atoms with Gasteiger partial charge in [-0.2, -0.15) is 0 Å². The Morgan fingerprint density at radius 3 is 2.68 bits per heavy atom. The maximum atomic E-state index is 5.53. The summed E-state index contributed by atoms with van der Waals surface area (Å²) in [6, 6.07) is 9.41. The third-order valence-corrected chi connectivity index (χ3v) is 3.80. The van der Waals surface area contributed by atoms with Crippen molar-refractivity contribution in [3.05, 3.63) is 46.6 Å². The fourth-order valence-corrected chi connectivity index (χ4v) is 2.46. The first-order valence-corrected chi connectivity index (χ1v) is 7.69. The van der Waals surface area contributed by atoms with Gasteiger partial charge in [0.2, 0.25) is 5.88 Å². The number of methoxy groups -OCH3 is 2. The Kier molecular flexibility index (Phi) is 6.48. The highest BCUT2D eigenvalue weighted by Crippen LogP contribution is 2.35. The topological polar surface area (TPSA) is 52.6 Å². The first-order chi connectivity index (χ1) is 10.8. The third-order valence-electron chi connectivity index (χ3n) is 3.06. The molecule has 0 fully saturated rings. The summed E-state index contributed by atoms with van der Waals surface area (Å²) in [4.78, 5) is 4.10. The van der Waals surface area contributed by atoms with Gasteiger partial charge in [0, 0.05) is 35.4 Å². The molecule has 2 aromatic rings. The summed E-state index contributed by atoms with van der Waals surface area (Å²) < 4.78 is 17.3. The number of halogens is 1. The number of nitrogens with zero attached hydrogens (tertiary/aromatic N) is 1. The van der Waals surface area contributed by atoms with Crippen LogP contribution in [0.2, 0.25) is 0 Å². The van der Waals surface area contributed by atoms with Gasteiger partial charge in [-0.15, -0.1) is 0 Å². The molecule has 0 saturated heterocycles. The lowest BCUT2D eigenvalue weighted by molar-refractivity contribution is 0.301. The third kappa shape index (κ3) is 4.35. The van der Waals surface area contributed by atoms with E-state index >= 15 is 0 Å². The molecule has 5 nitrogen and oxygen atoms in total. The van der Waals surface area contributed by atoms with Crippen LogP contribution in [0.25, 0.3) is 0 Å². The highest BCUT2D eigenvalue weighted by Gasteiger charge is 2.13. The molecule has 1 N–H and O–H groups in total. The standard InChI is InChI=1S/C16H19BrN2O3/c1-20-14-7-6-13(17)12(16(14)21-2)11-18-9-10-22-15-5-3-4-8-19-15/h3-8,18H,9-11H2,1-2H3. The summed E-state index contributed by atoms with van der Waals surface area (Å²) in [5.74, 6) is 2.08. The van der Waals surface area contributed by atoms with E-state index in [1.54, 1.807) is 20.4 Å². The van der Waals surface area contributed by atoms with E-state index in [2.05, 4.69) is 26.2 Å². The SMILES string of the molecule is COc1ccc(Br)c(CNCCOc2ccccn2)c1OC. The Balaban J connectivity index is 1.86. The van der Waals surface area contributed by atoms with Crippen LogP contribution in [0.4, 0.5) is 0 Å². The van der Waals surface area contributed by atoms with E-state index in [9.17, 15) is 0 Å². The lowest BCUT2D eigenvalue weighted by Crippen LogP contribution is -2.21. The van der Waals surface area contributed by atoms with Gasteiger partial charge in [-0.05, 0) is 18.2 Å². The Hall–Kier alpha value is -1.79. The van der Waals surface area contributed by atoms with Crippen molar-refractivity contribution >= 4 is 15.9 Å². The quantitative estimate of drug-likeness (QED) is 0.727. The molecule has 0 unspecified atom stereocenters. The van der Waals surface area contributed by atoms with Crippen LogP contribution in [0.3, 0.4) is 0 Å². The molecule has 0 spiro atoms. The van der Waals surface area contributed by atoms with Crippen LogP contribution in [0.5, 0.6) is 17.4 Å². The monoisotopic (exact) mass is 366 g/mol. The van der Waals surface area contributed by atoms with E-state index in [1.807, 2.05) is 30.3 Å². The zero-order valence-electron chi connectivity index (χ0n) is 12.6. The second-order valence-electron chi connectivity index (χ2n) is 4.45. The van der Waals surface area contributed by atoms with Crippen molar-refractivity contribution in [2.24, 2.45) is 0 Å². The van der Waals surface area contributed by atoms with Gasteiger partial charge < -0.3 is 19.5 Å². The normalized spacial score (nSPS) is 10.3. The molecule has 0 amide bonds. The van der Waals surface area contributed by atoms with Crippen LogP contribution in [0.15, 0.2) is 41.0 Å². The number of nitrogens with one attached hydrogen (secondary N) is 1. The average Bonchev–Trinajstić information content (AvgIpc) is 2.56. The first-order valence-electron chi connectivity index (χ1n) is 6.90. The van der Waals surface area contributed by atoms with Gasteiger partial charge in [-0.3, -0.25) is 0 Å². The van der Waals surface area contributed by atoms with Crippen molar-refractivity contribution in [2.75, 3.05) is 27.4 Å². The summed E-state index contributed by atoms with van der Waals surface area (Å²) in [7, 11) is 3.27. The van der Waals surface area contributed by atoms with E-state index in [0.717, 1.165) is 15.8 Å². The molecule has 1 aromatic heterocycles.